The predicted octanol–water partition coefficient (Wildman–Crippen LogP) is 1.95. The lowest BCUT2D eigenvalue weighted by atomic mass is 10.0. The summed E-state index contributed by atoms with van der Waals surface area (Å²) in [7, 11) is 0. The lowest BCUT2D eigenvalue weighted by Crippen LogP contribution is -2.42. The highest BCUT2D eigenvalue weighted by Crippen LogP contribution is 2.21. The minimum Gasteiger partial charge on any atom is -0.392 e. The zero-order chi connectivity index (χ0) is 13.0. The monoisotopic (exact) mass is 254 g/mol. The van der Waals surface area contributed by atoms with Crippen LogP contribution >= 0.6 is 0 Å². The summed E-state index contributed by atoms with van der Waals surface area (Å²) in [5.41, 5.74) is 0. The van der Waals surface area contributed by atoms with Gasteiger partial charge in [-0.2, -0.15) is 0 Å². The molecule has 0 spiro atoms. The third-order valence-electron chi connectivity index (χ3n) is 4.90. The van der Waals surface area contributed by atoms with Gasteiger partial charge in [-0.05, 0) is 44.8 Å². The zero-order valence-corrected chi connectivity index (χ0v) is 12.1. The minimum atomic E-state index is -0.143. The number of aliphatic hydroxyl groups excluding tert-OH is 1. The Morgan fingerprint density at radius 1 is 1.17 bits per heavy atom. The normalized spacial score (nSPS) is 30.5. The summed E-state index contributed by atoms with van der Waals surface area (Å²) in [5.74, 6) is 0.430. The highest BCUT2D eigenvalue weighted by Gasteiger charge is 2.29. The van der Waals surface area contributed by atoms with Crippen molar-refractivity contribution in [3.63, 3.8) is 0 Å². The molecule has 2 rings (SSSR count). The second-order valence-corrected chi connectivity index (χ2v) is 6.25. The van der Waals surface area contributed by atoms with Gasteiger partial charge in [0.1, 0.15) is 0 Å². The maximum Gasteiger partial charge on any atom is 0.0692 e. The molecule has 3 atom stereocenters. The van der Waals surface area contributed by atoms with Gasteiger partial charge in [-0.1, -0.05) is 26.7 Å². The summed E-state index contributed by atoms with van der Waals surface area (Å²) in [6.07, 6.45) is 6.41. The van der Waals surface area contributed by atoms with E-state index in [1.807, 2.05) is 0 Å². The van der Waals surface area contributed by atoms with E-state index in [0.717, 1.165) is 19.0 Å². The van der Waals surface area contributed by atoms with Crippen molar-refractivity contribution < 1.29 is 5.11 Å². The fourth-order valence-corrected chi connectivity index (χ4v) is 3.28. The molecule has 3 nitrogen and oxygen atoms in total. The Kier molecular flexibility index (Phi) is 5.46. The number of β-amino-alcohol motifs (C(OH)–C–C–N with tert-alkyl or cyclic N) is 1. The SMILES string of the molecule is CCC(C)C(O)CN1CCC(N2CCCCC2)C1. The number of piperidine rings is 1. The van der Waals surface area contributed by atoms with E-state index in [2.05, 4.69) is 23.6 Å². The van der Waals surface area contributed by atoms with Crippen molar-refractivity contribution in [1.29, 1.82) is 0 Å². The molecule has 18 heavy (non-hydrogen) atoms. The molecule has 0 amide bonds. The van der Waals surface area contributed by atoms with Gasteiger partial charge in [0.05, 0.1) is 6.10 Å². The van der Waals surface area contributed by atoms with E-state index in [0.29, 0.717) is 5.92 Å². The van der Waals surface area contributed by atoms with Crippen LogP contribution in [0.3, 0.4) is 0 Å². The molecule has 0 aromatic heterocycles. The highest BCUT2D eigenvalue weighted by molar-refractivity contribution is 4.86. The first kappa shape index (κ1) is 14.3. The predicted molar refractivity (Wildman–Crippen MR) is 75.7 cm³/mol. The minimum absolute atomic E-state index is 0.143. The largest absolute Gasteiger partial charge is 0.392 e. The maximum atomic E-state index is 10.1. The maximum absolute atomic E-state index is 10.1. The first-order valence-corrected chi connectivity index (χ1v) is 7.85. The summed E-state index contributed by atoms with van der Waals surface area (Å²) in [6, 6.07) is 0.759. The van der Waals surface area contributed by atoms with Crippen molar-refractivity contribution in [3.05, 3.63) is 0 Å². The third-order valence-corrected chi connectivity index (χ3v) is 4.90. The second kappa shape index (κ2) is 6.88. The lowest BCUT2D eigenvalue weighted by Gasteiger charge is -2.32. The number of likely N-dealkylation sites (tertiary alicyclic amines) is 2. The summed E-state index contributed by atoms with van der Waals surface area (Å²) >= 11 is 0. The molecule has 0 aliphatic carbocycles. The van der Waals surface area contributed by atoms with Crippen LogP contribution in [0.1, 0.15) is 46.0 Å². The van der Waals surface area contributed by atoms with Gasteiger partial charge in [-0.3, -0.25) is 9.80 Å². The van der Waals surface area contributed by atoms with E-state index in [-0.39, 0.29) is 6.10 Å². The molecule has 2 fully saturated rings. The number of hydrogen-bond donors (Lipinski definition) is 1. The average Bonchev–Trinajstić information content (AvgIpc) is 2.87. The van der Waals surface area contributed by atoms with Gasteiger partial charge in [0.25, 0.3) is 0 Å². The van der Waals surface area contributed by atoms with Crippen LogP contribution in [-0.2, 0) is 0 Å². The van der Waals surface area contributed by atoms with Crippen LogP contribution in [0.5, 0.6) is 0 Å². The number of hydrogen-bond acceptors (Lipinski definition) is 3. The molecule has 2 saturated heterocycles. The van der Waals surface area contributed by atoms with Crippen molar-refractivity contribution >= 4 is 0 Å². The summed E-state index contributed by atoms with van der Waals surface area (Å²) in [5, 5.41) is 10.1. The highest BCUT2D eigenvalue weighted by atomic mass is 16.3. The number of aliphatic hydroxyl groups is 1. The Labute approximate surface area is 112 Å². The van der Waals surface area contributed by atoms with Crippen molar-refractivity contribution in [2.24, 2.45) is 5.92 Å². The van der Waals surface area contributed by atoms with Gasteiger partial charge in [0.2, 0.25) is 0 Å². The standard InChI is InChI=1S/C15H30N2O/c1-3-13(2)15(18)12-16-10-7-14(11-16)17-8-5-4-6-9-17/h13-15,18H,3-12H2,1-2H3. The summed E-state index contributed by atoms with van der Waals surface area (Å²) in [6.45, 7) is 10.1. The van der Waals surface area contributed by atoms with E-state index in [4.69, 9.17) is 0 Å². The van der Waals surface area contributed by atoms with E-state index in [9.17, 15) is 5.11 Å². The van der Waals surface area contributed by atoms with Crippen LogP contribution in [0.25, 0.3) is 0 Å². The van der Waals surface area contributed by atoms with Crippen molar-refractivity contribution in [1.82, 2.24) is 9.80 Å². The van der Waals surface area contributed by atoms with E-state index in [1.54, 1.807) is 0 Å². The van der Waals surface area contributed by atoms with Crippen LogP contribution in [0.2, 0.25) is 0 Å². The number of nitrogens with zero attached hydrogens (tertiary/aromatic N) is 2. The van der Waals surface area contributed by atoms with E-state index < -0.39 is 0 Å². The van der Waals surface area contributed by atoms with Crippen LogP contribution in [0, 0.1) is 5.92 Å². The molecule has 0 bridgehead atoms. The Balaban J connectivity index is 1.74. The Morgan fingerprint density at radius 2 is 1.89 bits per heavy atom. The van der Waals surface area contributed by atoms with Gasteiger partial charge < -0.3 is 5.11 Å². The molecule has 0 saturated carbocycles. The second-order valence-electron chi connectivity index (χ2n) is 6.25. The van der Waals surface area contributed by atoms with Gasteiger partial charge in [-0.25, -0.2) is 0 Å². The van der Waals surface area contributed by atoms with Gasteiger partial charge in [0, 0.05) is 19.1 Å². The van der Waals surface area contributed by atoms with Crippen molar-refractivity contribution in [3.8, 4) is 0 Å². The van der Waals surface area contributed by atoms with Crippen molar-refractivity contribution in [2.75, 3.05) is 32.7 Å². The average molecular weight is 254 g/mol. The molecule has 0 aromatic rings. The van der Waals surface area contributed by atoms with Crippen LogP contribution in [0.15, 0.2) is 0 Å². The molecule has 106 valence electrons. The molecule has 3 unspecified atom stereocenters. The van der Waals surface area contributed by atoms with Crippen LogP contribution in [-0.4, -0.2) is 59.8 Å². The first-order chi connectivity index (χ1) is 8.70. The van der Waals surface area contributed by atoms with Gasteiger partial charge in [0.15, 0.2) is 0 Å². The first-order valence-electron chi connectivity index (χ1n) is 7.85. The quantitative estimate of drug-likeness (QED) is 0.812. The van der Waals surface area contributed by atoms with E-state index in [1.165, 1.54) is 51.9 Å². The third kappa shape index (κ3) is 3.69. The molecule has 2 heterocycles. The molecule has 0 radical (unpaired) electrons. The topological polar surface area (TPSA) is 26.7 Å². The Hall–Kier alpha value is -0.120. The zero-order valence-electron chi connectivity index (χ0n) is 12.1. The van der Waals surface area contributed by atoms with Gasteiger partial charge >= 0.3 is 0 Å². The molecule has 0 aromatic carbocycles. The Bertz CT molecular complexity index is 241. The van der Waals surface area contributed by atoms with Crippen LogP contribution in [0.4, 0.5) is 0 Å². The van der Waals surface area contributed by atoms with Crippen molar-refractivity contribution in [2.45, 2.75) is 58.1 Å². The summed E-state index contributed by atoms with van der Waals surface area (Å²) in [4.78, 5) is 5.15. The number of rotatable bonds is 5. The fourth-order valence-electron chi connectivity index (χ4n) is 3.28. The van der Waals surface area contributed by atoms with Gasteiger partial charge in [-0.15, -0.1) is 0 Å². The Morgan fingerprint density at radius 3 is 2.56 bits per heavy atom. The summed E-state index contributed by atoms with van der Waals surface area (Å²) < 4.78 is 0. The lowest BCUT2D eigenvalue weighted by molar-refractivity contribution is 0.0724. The van der Waals surface area contributed by atoms with E-state index >= 15 is 0 Å². The molecular formula is C15H30N2O. The molecule has 2 aliphatic heterocycles. The molecule has 2 aliphatic rings. The van der Waals surface area contributed by atoms with Crippen LogP contribution < -0.4 is 0 Å². The smallest absolute Gasteiger partial charge is 0.0692 e. The molecule has 3 heteroatoms. The molecule has 1 N–H and O–H groups in total. The molecular weight excluding hydrogens is 224 g/mol. The fraction of sp³-hybridized carbons (Fsp3) is 1.00.